The maximum absolute atomic E-state index is 11.5. The molecule has 0 aromatic rings. The summed E-state index contributed by atoms with van der Waals surface area (Å²) in [5.74, 6) is -0.599. The first kappa shape index (κ1) is 17.5. The lowest BCUT2D eigenvalue weighted by Gasteiger charge is -2.12. The second-order valence-electron chi connectivity index (χ2n) is 4.17. The Morgan fingerprint density at radius 3 is 1.42 bits per heavy atom. The van der Waals surface area contributed by atoms with E-state index in [0.29, 0.717) is 0 Å². The third kappa shape index (κ3) is 8.25. The fourth-order valence-electron chi connectivity index (χ4n) is 0.872. The summed E-state index contributed by atoms with van der Waals surface area (Å²) in [6.45, 7) is -0.443. The molecule has 9 heteroatoms. The summed E-state index contributed by atoms with van der Waals surface area (Å²) in [4.78, 5) is 24.5. The molecule has 0 aliphatic heterocycles. The van der Waals surface area contributed by atoms with Gasteiger partial charge < -0.3 is 19.3 Å². The van der Waals surface area contributed by atoms with Crippen LogP contribution >= 0.6 is 0 Å². The van der Waals surface area contributed by atoms with E-state index in [9.17, 15) is 18.0 Å². The van der Waals surface area contributed by atoms with Gasteiger partial charge in [0, 0.05) is 28.2 Å². The highest BCUT2D eigenvalue weighted by atomic mass is 32.2. The molecule has 0 bridgehead atoms. The molecule has 0 saturated carbocycles. The molecule has 0 aliphatic carbocycles. The van der Waals surface area contributed by atoms with Crippen LogP contribution in [0, 0.1) is 0 Å². The molecule has 0 atom stereocenters. The van der Waals surface area contributed by atoms with Crippen molar-refractivity contribution >= 4 is 22.0 Å². The Bertz CT molecular complexity index is 372. The number of nitrogens with zero attached hydrogens (tertiary/aromatic N) is 2. The molecule has 0 unspecified atom stereocenters. The van der Waals surface area contributed by atoms with Gasteiger partial charge in [-0.2, -0.15) is 0 Å². The quantitative estimate of drug-likeness (QED) is 0.673. The minimum absolute atomic E-state index is 0.221. The second kappa shape index (κ2) is 7.82. The molecule has 0 aliphatic rings. The minimum atomic E-state index is -3.42. The van der Waals surface area contributed by atoms with Crippen LogP contribution in [0.4, 0.5) is 9.59 Å². The van der Waals surface area contributed by atoms with Crippen molar-refractivity contribution in [3.8, 4) is 0 Å². The first-order chi connectivity index (χ1) is 8.65. The van der Waals surface area contributed by atoms with Gasteiger partial charge in [0.05, 0.1) is 11.5 Å². The average molecular weight is 296 g/mol. The van der Waals surface area contributed by atoms with Gasteiger partial charge in [0.15, 0.2) is 9.84 Å². The van der Waals surface area contributed by atoms with Gasteiger partial charge in [-0.1, -0.05) is 0 Å². The van der Waals surface area contributed by atoms with Crippen molar-refractivity contribution in [2.24, 2.45) is 0 Å². The molecule has 0 spiro atoms. The van der Waals surface area contributed by atoms with E-state index < -0.39 is 22.0 Å². The van der Waals surface area contributed by atoms with Gasteiger partial charge in [-0.15, -0.1) is 0 Å². The molecule has 0 aromatic heterocycles. The summed E-state index contributed by atoms with van der Waals surface area (Å²) in [5.41, 5.74) is 0. The van der Waals surface area contributed by atoms with Crippen LogP contribution in [-0.2, 0) is 19.3 Å². The number of hydrogen-bond acceptors (Lipinski definition) is 6. The Morgan fingerprint density at radius 2 is 1.16 bits per heavy atom. The topological polar surface area (TPSA) is 93.2 Å². The van der Waals surface area contributed by atoms with Gasteiger partial charge in [-0.3, -0.25) is 0 Å². The van der Waals surface area contributed by atoms with E-state index in [1.807, 2.05) is 0 Å². The maximum atomic E-state index is 11.5. The zero-order valence-corrected chi connectivity index (χ0v) is 12.4. The Kier molecular flexibility index (Phi) is 7.20. The van der Waals surface area contributed by atoms with E-state index in [1.165, 1.54) is 38.0 Å². The molecule has 0 N–H and O–H groups in total. The molecule has 0 aromatic carbocycles. The summed E-state index contributed by atoms with van der Waals surface area (Å²) in [7, 11) is 2.57. The third-order valence-electron chi connectivity index (χ3n) is 1.97. The van der Waals surface area contributed by atoms with Crippen LogP contribution in [0.5, 0.6) is 0 Å². The zero-order valence-electron chi connectivity index (χ0n) is 11.6. The highest BCUT2D eigenvalue weighted by Gasteiger charge is 2.14. The first-order valence-corrected chi connectivity index (χ1v) is 7.36. The Hall–Kier alpha value is -1.51. The number of hydrogen-bond donors (Lipinski definition) is 0. The zero-order chi connectivity index (χ0) is 15.1. The molecular formula is C10H20N2O6S. The fourth-order valence-corrected chi connectivity index (χ4v) is 1.75. The normalized spacial score (nSPS) is 10.7. The lowest BCUT2D eigenvalue weighted by atomic mass is 10.8. The van der Waals surface area contributed by atoms with Gasteiger partial charge in [-0.25, -0.2) is 18.0 Å². The fraction of sp³-hybridized carbons (Fsp3) is 0.800. The summed E-state index contributed by atoms with van der Waals surface area (Å²) < 4.78 is 32.4. The van der Waals surface area contributed by atoms with Crippen molar-refractivity contribution in [2.75, 3.05) is 52.9 Å². The van der Waals surface area contributed by atoms with Crippen LogP contribution in [0.15, 0.2) is 0 Å². The van der Waals surface area contributed by atoms with Gasteiger partial charge in [0.1, 0.15) is 13.2 Å². The Morgan fingerprint density at radius 1 is 0.842 bits per heavy atom. The molecule has 0 radical (unpaired) electrons. The van der Waals surface area contributed by atoms with E-state index in [0.717, 1.165) is 0 Å². The highest BCUT2D eigenvalue weighted by molar-refractivity contribution is 7.91. The Labute approximate surface area is 113 Å². The van der Waals surface area contributed by atoms with Crippen molar-refractivity contribution in [2.45, 2.75) is 0 Å². The van der Waals surface area contributed by atoms with E-state index in [-0.39, 0.29) is 24.7 Å². The largest absolute Gasteiger partial charge is 0.448 e. The highest BCUT2D eigenvalue weighted by Crippen LogP contribution is 1.95. The molecule has 0 rings (SSSR count). The van der Waals surface area contributed by atoms with Crippen molar-refractivity contribution in [3.05, 3.63) is 0 Å². The van der Waals surface area contributed by atoms with Gasteiger partial charge in [0.25, 0.3) is 0 Å². The average Bonchev–Trinajstić information content (AvgIpc) is 2.27. The maximum Gasteiger partial charge on any atom is 0.409 e. The molecule has 2 amide bonds. The molecule has 8 nitrogen and oxygen atoms in total. The van der Waals surface area contributed by atoms with Crippen LogP contribution < -0.4 is 0 Å². The molecule has 112 valence electrons. The van der Waals surface area contributed by atoms with Crippen molar-refractivity contribution in [1.82, 2.24) is 9.80 Å². The SMILES string of the molecule is CN(C)C(=O)OCCS(=O)(=O)CCOC(=O)N(C)C. The van der Waals surface area contributed by atoms with Crippen molar-refractivity contribution in [1.29, 1.82) is 0 Å². The number of sulfone groups is 1. The predicted octanol–water partition coefficient (Wildman–Crippen LogP) is -0.202. The van der Waals surface area contributed by atoms with E-state index in [2.05, 4.69) is 0 Å². The van der Waals surface area contributed by atoms with Gasteiger partial charge in [-0.05, 0) is 0 Å². The lowest BCUT2D eigenvalue weighted by Crippen LogP contribution is -2.28. The van der Waals surface area contributed by atoms with Gasteiger partial charge >= 0.3 is 12.2 Å². The molecule has 0 saturated heterocycles. The summed E-state index contributed by atoms with van der Waals surface area (Å²) in [6, 6.07) is 0. The van der Waals surface area contributed by atoms with Crippen LogP contribution in [0.1, 0.15) is 0 Å². The van der Waals surface area contributed by atoms with Crippen LogP contribution in [0.25, 0.3) is 0 Å². The molecule has 0 fully saturated rings. The summed E-state index contributed by atoms with van der Waals surface area (Å²) >= 11 is 0. The van der Waals surface area contributed by atoms with Crippen LogP contribution in [-0.4, -0.2) is 83.3 Å². The number of rotatable bonds is 6. The monoisotopic (exact) mass is 296 g/mol. The standard InChI is InChI=1S/C10H20N2O6S/c1-11(2)9(13)17-5-7-19(15,16)8-6-18-10(14)12(3)4/h5-8H2,1-4H3. The lowest BCUT2D eigenvalue weighted by molar-refractivity contribution is 0.123. The summed E-state index contributed by atoms with van der Waals surface area (Å²) in [6.07, 6.45) is -1.21. The number of ether oxygens (including phenoxy) is 2. The predicted molar refractivity (Wildman–Crippen MR) is 68.7 cm³/mol. The number of carbonyl (C=O) groups is 2. The number of amides is 2. The smallest absolute Gasteiger partial charge is 0.409 e. The van der Waals surface area contributed by atoms with E-state index in [1.54, 1.807) is 0 Å². The first-order valence-electron chi connectivity index (χ1n) is 5.54. The Balaban J connectivity index is 3.94. The van der Waals surface area contributed by atoms with Crippen LogP contribution in [0.3, 0.4) is 0 Å². The van der Waals surface area contributed by atoms with Crippen molar-refractivity contribution < 1.29 is 27.5 Å². The van der Waals surface area contributed by atoms with Gasteiger partial charge in [0.2, 0.25) is 0 Å². The van der Waals surface area contributed by atoms with Crippen LogP contribution in [0.2, 0.25) is 0 Å². The summed E-state index contributed by atoms with van der Waals surface area (Å²) in [5, 5.41) is 0. The van der Waals surface area contributed by atoms with E-state index in [4.69, 9.17) is 9.47 Å². The molecule has 19 heavy (non-hydrogen) atoms. The van der Waals surface area contributed by atoms with Crippen molar-refractivity contribution in [3.63, 3.8) is 0 Å². The number of carbonyl (C=O) groups excluding carboxylic acids is 2. The third-order valence-corrected chi connectivity index (χ3v) is 3.55. The minimum Gasteiger partial charge on any atom is -0.448 e. The molecule has 0 heterocycles. The van der Waals surface area contributed by atoms with E-state index >= 15 is 0 Å². The second-order valence-corrected chi connectivity index (χ2v) is 6.47. The molecular weight excluding hydrogens is 276 g/mol.